The smallest absolute Gasteiger partial charge is 0.0672 e. The molecule has 0 aromatic carbocycles. The Morgan fingerprint density at radius 3 is 2.50 bits per heavy atom. The average Bonchev–Trinajstić information content (AvgIpc) is 2.40. The molecule has 0 radical (unpaired) electrons. The summed E-state index contributed by atoms with van der Waals surface area (Å²) in [6.45, 7) is 9.04. The fraction of sp³-hybridized carbons (Fsp3) is 0.938. The van der Waals surface area contributed by atoms with Crippen LogP contribution in [0.2, 0.25) is 0 Å². The Labute approximate surface area is 113 Å². The van der Waals surface area contributed by atoms with Gasteiger partial charge in [-0.1, -0.05) is 40.0 Å². The topological polar surface area (TPSA) is 27.0 Å². The Morgan fingerprint density at radius 1 is 1.17 bits per heavy atom. The molecule has 1 rings (SSSR count). The molecule has 18 heavy (non-hydrogen) atoms. The Kier molecular flexibility index (Phi) is 7.35. The second-order valence-corrected chi connectivity index (χ2v) is 5.75. The van der Waals surface area contributed by atoms with E-state index in [2.05, 4.69) is 31.7 Å². The van der Waals surface area contributed by atoms with Gasteiger partial charge in [-0.25, -0.2) is 0 Å². The van der Waals surface area contributed by atoms with Crippen LogP contribution in [0.5, 0.6) is 0 Å². The molecule has 2 nitrogen and oxygen atoms in total. The molecule has 2 heteroatoms. The summed E-state index contributed by atoms with van der Waals surface area (Å²) in [5, 5.41) is 9.37. The summed E-state index contributed by atoms with van der Waals surface area (Å²) < 4.78 is 0. The number of nitrogens with zero attached hydrogens (tertiary/aromatic N) is 2. The van der Waals surface area contributed by atoms with E-state index in [1.807, 2.05) is 0 Å². The van der Waals surface area contributed by atoms with Crippen molar-refractivity contribution < 1.29 is 0 Å². The largest absolute Gasteiger partial charge is 0.299 e. The fourth-order valence-electron chi connectivity index (χ4n) is 3.38. The summed E-state index contributed by atoms with van der Waals surface area (Å²) in [6.07, 6.45) is 8.79. The normalized spacial score (nSPS) is 28.3. The van der Waals surface area contributed by atoms with Crippen molar-refractivity contribution in [2.75, 3.05) is 13.1 Å². The lowest BCUT2D eigenvalue weighted by Crippen LogP contribution is -2.44. The fourth-order valence-corrected chi connectivity index (χ4v) is 3.38. The van der Waals surface area contributed by atoms with Gasteiger partial charge in [0.25, 0.3) is 0 Å². The Balaban J connectivity index is 2.62. The summed E-state index contributed by atoms with van der Waals surface area (Å²) in [5.74, 6) is 1.13. The standard InChI is InChI=1S/C16H30N2/c1-4-7-11-18(6-3)16-12-14(8-5-2)9-10-15(16)13-17/h14-16H,4-12H2,1-3H3. The monoisotopic (exact) mass is 250 g/mol. The van der Waals surface area contributed by atoms with Crippen molar-refractivity contribution in [2.45, 2.75) is 71.8 Å². The lowest BCUT2D eigenvalue weighted by atomic mass is 9.76. The maximum Gasteiger partial charge on any atom is 0.0672 e. The maximum absolute atomic E-state index is 9.37. The predicted octanol–water partition coefficient (Wildman–Crippen LogP) is 4.22. The van der Waals surface area contributed by atoms with Crippen LogP contribution in [0.1, 0.15) is 65.7 Å². The first kappa shape index (κ1) is 15.5. The number of nitriles is 1. The van der Waals surface area contributed by atoms with Crippen LogP contribution in [-0.2, 0) is 0 Å². The highest BCUT2D eigenvalue weighted by atomic mass is 15.2. The minimum absolute atomic E-state index is 0.273. The van der Waals surface area contributed by atoms with E-state index in [-0.39, 0.29) is 5.92 Å². The molecule has 3 unspecified atom stereocenters. The molecule has 104 valence electrons. The summed E-state index contributed by atoms with van der Waals surface area (Å²) in [5.41, 5.74) is 0. The van der Waals surface area contributed by atoms with E-state index in [9.17, 15) is 5.26 Å². The van der Waals surface area contributed by atoms with Gasteiger partial charge in [0.15, 0.2) is 0 Å². The van der Waals surface area contributed by atoms with Crippen LogP contribution in [-0.4, -0.2) is 24.0 Å². The van der Waals surface area contributed by atoms with Crippen molar-refractivity contribution in [1.82, 2.24) is 4.90 Å². The highest BCUT2D eigenvalue weighted by molar-refractivity contribution is 4.97. The summed E-state index contributed by atoms with van der Waals surface area (Å²) in [7, 11) is 0. The highest BCUT2D eigenvalue weighted by Crippen LogP contribution is 2.34. The number of unbranched alkanes of at least 4 members (excludes halogenated alkanes) is 1. The molecular weight excluding hydrogens is 220 g/mol. The minimum atomic E-state index is 0.273. The van der Waals surface area contributed by atoms with Crippen molar-refractivity contribution in [3.8, 4) is 6.07 Å². The molecule has 1 fully saturated rings. The van der Waals surface area contributed by atoms with Gasteiger partial charge in [-0.2, -0.15) is 5.26 Å². The first-order valence-electron chi connectivity index (χ1n) is 7.90. The number of hydrogen-bond acceptors (Lipinski definition) is 2. The van der Waals surface area contributed by atoms with E-state index >= 15 is 0 Å². The van der Waals surface area contributed by atoms with Gasteiger partial charge in [-0.05, 0) is 44.7 Å². The Bertz CT molecular complexity index is 256. The third kappa shape index (κ3) is 4.28. The van der Waals surface area contributed by atoms with E-state index < -0.39 is 0 Å². The van der Waals surface area contributed by atoms with Crippen molar-refractivity contribution in [1.29, 1.82) is 5.26 Å². The van der Waals surface area contributed by atoms with Gasteiger partial charge in [0.05, 0.1) is 12.0 Å². The molecule has 1 saturated carbocycles. The van der Waals surface area contributed by atoms with E-state index in [1.165, 1.54) is 45.1 Å². The lowest BCUT2D eigenvalue weighted by molar-refractivity contribution is 0.101. The van der Waals surface area contributed by atoms with Crippen LogP contribution in [0, 0.1) is 23.2 Å². The molecule has 0 amide bonds. The third-order valence-electron chi connectivity index (χ3n) is 4.46. The van der Waals surface area contributed by atoms with Crippen LogP contribution in [0.15, 0.2) is 0 Å². The molecule has 0 bridgehead atoms. The van der Waals surface area contributed by atoms with Crippen molar-refractivity contribution in [2.24, 2.45) is 11.8 Å². The van der Waals surface area contributed by atoms with E-state index in [1.54, 1.807) is 0 Å². The lowest BCUT2D eigenvalue weighted by Gasteiger charge is -2.40. The molecule has 0 saturated heterocycles. The zero-order chi connectivity index (χ0) is 13.4. The third-order valence-corrected chi connectivity index (χ3v) is 4.46. The van der Waals surface area contributed by atoms with Gasteiger partial charge in [-0.3, -0.25) is 4.90 Å². The average molecular weight is 250 g/mol. The van der Waals surface area contributed by atoms with Crippen molar-refractivity contribution in [3.05, 3.63) is 0 Å². The van der Waals surface area contributed by atoms with Crippen molar-refractivity contribution >= 4 is 0 Å². The first-order chi connectivity index (χ1) is 8.76. The molecule has 0 heterocycles. The van der Waals surface area contributed by atoms with Gasteiger partial charge in [-0.15, -0.1) is 0 Å². The molecule has 0 aromatic heterocycles. The van der Waals surface area contributed by atoms with Crippen molar-refractivity contribution in [3.63, 3.8) is 0 Å². The van der Waals surface area contributed by atoms with Gasteiger partial charge < -0.3 is 0 Å². The molecule has 1 aliphatic carbocycles. The van der Waals surface area contributed by atoms with Crippen LogP contribution in [0.3, 0.4) is 0 Å². The highest BCUT2D eigenvalue weighted by Gasteiger charge is 2.33. The minimum Gasteiger partial charge on any atom is -0.299 e. The SMILES string of the molecule is CCCCN(CC)C1CC(CCC)CCC1C#N. The summed E-state index contributed by atoms with van der Waals surface area (Å²) >= 11 is 0. The van der Waals surface area contributed by atoms with Crippen LogP contribution >= 0.6 is 0 Å². The Hall–Kier alpha value is -0.550. The molecule has 0 aromatic rings. The van der Waals surface area contributed by atoms with Gasteiger partial charge in [0, 0.05) is 6.04 Å². The predicted molar refractivity (Wildman–Crippen MR) is 77.3 cm³/mol. The zero-order valence-corrected chi connectivity index (χ0v) is 12.5. The number of hydrogen-bond donors (Lipinski definition) is 0. The van der Waals surface area contributed by atoms with E-state index in [4.69, 9.17) is 0 Å². The maximum atomic E-state index is 9.37. The van der Waals surface area contributed by atoms with Crippen LogP contribution < -0.4 is 0 Å². The first-order valence-corrected chi connectivity index (χ1v) is 7.90. The molecule has 1 aliphatic rings. The molecular formula is C16H30N2. The van der Waals surface area contributed by atoms with Gasteiger partial charge in [0.2, 0.25) is 0 Å². The van der Waals surface area contributed by atoms with E-state index in [0.29, 0.717) is 6.04 Å². The second kappa shape index (κ2) is 8.53. The second-order valence-electron chi connectivity index (χ2n) is 5.75. The molecule has 3 atom stereocenters. The summed E-state index contributed by atoms with van der Waals surface area (Å²) in [6, 6.07) is 3.09. The van der Waals surface area contributed by atoms with Crippen LogP contribution in [0.25, 0.3) is 0 Å². The number of rotatable bonds is 7. The molecule has 0 N–H and O–H groups in total. The quantitative estimate of drug-likeness (QED) is 0.676. The molecule has 0 aliphatic heterocycles. The summed E-state index contributed by atoms with van der Waals surface area (Å²) in [4.78, 5) is 2.57. The van der Waals surface area contributed by atoms with E-state index in [0.717, 1.165) is 18.9 Å². The van der Waals surface area contributed by atoms with Gasteiger partial charge in [0.1, 0.15) is 0 Å². The van der Waals surface area contributed by atoms with Gasteiger partial charge >= 0.3 is 0 Å². The molecule has 0 spiro atoms. The Morgan fingerprint density at radius 2 is 1.94 bits per heavy atom. The van der Waals surface area contributed by atoms with Crippen LogP contribution in [0.4, 0.5) is 0 Å². The zero-order valence-electron chi connectivity index (χ0n) is 12.5.